The van der Waals surface area contributed by atoms with Crippen molar-refractivity contribution in [2.75, 3.05) is 18.5 Å². The molecule has 0 bridgehead atoms. The Kier molecular flexibility index (Phi) is 4.02. The van der Waals surface area contributed by atoms with Crippen LogP contribution in [-0.2, 0) is 4.74 Å². The standard InChI is InChI=1S/C12H14BrNO3/c13-9-4-1-5-10(11(9)12(15)16)14-8-3-2-6-17-7-8/h1,4-5,8,14H,2-3,6-7H2,(H,15,16). The van der Waals surface area contributed by atoms with E-state index in [1.165, 1.54) is 0 Å². The van der Waals surface area contributed by atoms with E-state index in [0.29, 0.717) is 16.8 Å². The molecule has 1 unspecified atom stereocenters. The lowest BCUT2D eigenvalue weighted by Crippen LogP contribution is -2.30. The Morgan fingerprint density at radius 2 is 2.35 bits per heavy atom. The summed E-state index contributed by atoms with van der Waals surface area (Å²) in [5, 5.41) is 12.4. The fourth-order valence-electron chi connectivity index (χ4n) is 1.94. The number of carbonyl (C=O) groups is 1. The van der Waals surface area contributed by atoms with Crippen molar-refractivity contribution in [3.05, 3.63) is 28.2 Å². The van der Waals surface area contributed by atoms with Gasteiger partial charge in [-0.25, -0.2) is 4.79 Å². The Labute approximate surface area is 108 Å². The predicted octanol–water partition coefficient (Wildman–Crippen LogP) is 2.74. The zero-order valence-electron chi connectivity index (χ0n) is 9.28. The minimum absolute atomic E-state index is 0.191. The van der Waals surface area contributed by atoms with Crippen LogP contribution in [0.25, 0.3) is 0 Å². The Hall–Kier alpha value is -1.07. The van der Waals surface area contributed by atoms with E-state index in [1.54, 1.807) is 12.1 Å². The SMILES string of the molecule is O=C(O)c1c(Br)cccc1NC1CCCOC1. The third-order valence-electron chi connectivity index (χ3n) is 2.75. The van der Waals surface area contributed by atoms with Gasteiger partial charge in [-0.2, -0.15) is 0 Å². The molecule has 1 saturated heterocycles. The highest BCUT2D eigenvalue weighted by atomic mass is 79.9. The lowest BCUT2D eigenvalue weighted by atomic mass is 10.1. The highest BCUT2D eigenvalue weighted by Crippen LogP contribution is 2.26. The Balaban J connectivity index is 2.19. The number of halogens is 1. The number of nitrogens with one attached hydrogen (secondary N) is 1. The van der Waals surface area contributed by atoms with Crippen molar-refractivity contribution in [3.8, 4) is 0 Å². The molecule has 1 aliphatic heterocycles. The number of carboxylic acids is 1. The van der Waals surface area contributed by atoms with Crippen LogP contribution in [0.2, 0.25) is 0 Å². The summed E-state index contributed by atoms with van der Waals surface area (Å²) in [5.74, 6) is -0.934. The lowest BCUT2D eigenvalue weighted by molar-refractivity contribution is 0.0695. The zero-order valence-corrected chi connectivity index (χ0v) is 10.9. The Bertz CT molecular complexity index is 416. The number of hydrogen-bond donors (Lipinski definition) is 2. The second kappa shape index (κ2) is 5.51. The van der Waals surface area contributed by atoms with Crippen LogP contribution >= 0.6 is 15.9 Å². The molecule has 4 nitrogen and oxygen atoms in total. The van der Waals surface area contributed by atoms with E-state index >= 15 is 0 Å². The van der Waals surface area contributed by atoms with Crippen molar-refractivity contribution >= 4 is 27.6 Å². The molecule has 2 rings (SSSR count). The fourth-order valence-corrected chi connectivity index (χ4v) is 2.47. The van der Waals surface area contributed by atoms with E-state index in [1.807, 2.05) is 6.07 Å². The summed E-state index contributed by atoms with van der Waals surface area (Å²) < 4.78 is 5.95. The first-order valence-corrected chi connectivity index (χ1v) is 6.34. The number of hydrogen-bond acceptors (Lipinski definition) is 3. The normalized spacial score (nSPS) is 19.9. The molecule has 0 amide bonds. The molecule has 0 saturated carbocycles. The van der Waals surface area contributed by atoms with E-state index in [-0.39, 0.29) is 11.6 Å². The zero-order chi connectivity index (χ0) is 12.3. The van der Waals surface area contributed by atoms with Gasteiger partial charge in [-0.05, 0) is 40.9 Å². The van der Waals surface area contributed by atoms with Gasteiger partial charge in [-0.1, -0.05) is 6.07 Å². The van der Waals surface area contributed by atoms with Gasteiger partial charge in [0.05, 0.1) is 17.9 Å². The number of anilines is 1. The fraction of sp³-hybridized carbons (Fsp3) is 0.417. The van der Waals surface area contributed by atoms with Gasteiger partial charge in [-0.15, -0.1) is 0 Å². The molecule has 1 aromatic carbocycles. The van der Waals surface area contributed by atoms with Gasteiger partial charge in [0.1, 0.15) is 0 Å². The van der Waals surface area contributed by atoms with Crippen molar-refractivity contribution in [1.29, 1.82) is 0 Å². The topological polar surface area (TPSA) is 58.6 Å². The first-order valence-electron chi connectivity index (χ1n) is 5.54. The van der Waals surface area contributed by atoms with Crippen LogP contribution in [0.4, 0.5) is 5.69 Å². The average Bonchev–Trinajstić information content (AvgIpc) is 2.30. The van der Waals surface area contributed by atoms with E-state index in [4.69, 9.17) is 4.74 Å². The van der Waals surface area contributed by atoms with Gasteiger partial charge in [0.2, 0.25) is 0 Å². The lowest BCUT2D eigenvalue weighted by Gasteiger charge is -2.25. The molecule has 17 heavy (non-hydrogen) atoms. The predicted molar refractivity (Wildman–Crippen MR) is 68.6 cm³/mol. The number of aromatic carboxylic acids is 1. The van der Waals surface area contributed by atoms with Gasteiger partial charge in [0.15, 0.2) is 0 Å². The van der Waals surface area contributed by atoms with Gasteiger partial charge >= 0.3 is 5.97 Å². The Morgan fingerprint density at radius 3 is 3.00 bits per heavy atom. The molecule has 1 aromatic rings. The maximum absolute atomic E-state index is 11.2. The summed E-state index contributed by atoms with van der Waals surface area (Å²) in [7, 11) is 0. The number of carboxylic acid groups (broad SMARTS) is 1. The summed E-state index contributed by atoms with van der Waals surface area (Å²) in [6, 6.07) is 5.52. The van der Waals surface area contributed by atoms with Crippen LogP contribution in [0.1, 0.15) is 23.2 Å². The average molecular weight is 300 g/mol. The van der Waals surface area contributed by atoms with Crippen molar-refractivity contribution in [1.82, 2.24) is 0 Å². The summed E-state index contributed by atoms with van der Waals surface area (Å²) >= 11 is 3.26. The third kappa shape index (κ3) is 2.98. The van der Waals surface area contributed by atoms with Crippen molar-refractivity contribution in [2.24, 2.45) is 0 Å². The van der Waals surface area contributed by atoms with Crippen LogP contribution in [0.15, 0.2) is 22.7 Å². The maximum Gasteiger partial charge on any atom is 0.338 e. The highest BCUT2D eigenvalue weighted by molar-refractivity contribution is 9.10. The third-order valence-corrected chi connectivity index (χ3v) is 3.41. The molecular formula is C12H14BrNO3. The van der Waals surface area contributed by atoms with Crippen LogP contribution in [0.3, 0.4) is 0 Å². The molecule has 1 atom stereocenters. The van der Waals surface area contributed by atoms with Crippen molar-refractivity contribution in [2.45, 2.75) is 18.9 Å². The molecule has 2 N–H and O–H groups in total. The molecule has 5 heteroatoms. The molecule has 1 fully saturated rings. The van der Waals surface area contributed by atoms with E-state index < -0.39 is 5.97 Å². The van der Waals surface area contributed by atoms with Crippen LogP contribution < -0.4 is 5.32 Å². The molecule has 0 aromatic heterocycles. The quantitative estimate of drug-likeness (QED) is 0.901. The number of rotatable bonds is 3. The molecule has 0 radical (unpaired) electrons. The van der Waals surface area contributed by atoms with Crippen LogP contribution in [0.5, 0.6) is 0 Å². The molecule has 0 aliphatic carbocycles. The summed E-state index contributed by atoms with van der Waals surface area (Å²) in [6.45, 7) is 1.42. The van der Waals surface area contributed by atoms with Gasteiger partial charge in [-0.3, -0.25) is 0 Å². The van der Waals surface area contributed by atoms with Gasteiger partial charge in [0.25, 0.3) is 0 Å². The molecule has 0 spiro atoms. The van der Waals surface area contributed by atoms with Crippen molar-refractivity contribution in [3.63, 3.8) is 0 Å². The highest BCUT2D eigenvalue weighted by Gasteiger charge is 2.18. The molecule has 1 heterocycles. The minimum Gasteiger partial charge on any atom is -0.478 e. The summed E-state index contributed by atoms with van der Waals surface area (Å²) in [6.07, 6.45) is 2.01. The smallest absolute Gasteiger partial charge is 0.338 e. The second-order valence-corrected chi connectivity index (χ2v) is 4.88. The monoisotopic (exact) mass is 299 g/mol. The summed E-state index contributed by atoms with van der Waals surface area (Å²) in [5.41, 5.74) is 0.917. The molecule has 92 valence electrons. The van der Waals surface area contributed by atoms with E-state index in [9.17, 15) is 9.90 Å². The van der Waals surface area contributed by atoms with Crippen molar-refractivity contribution < 1.29 is 14.6 Å². The maximum atomic E-state index is 11.2. The van der Waals surface area contributed by atoms with E-state index in [2.05, 4.69) is 21.2 Å². The van der Waals surface area contributed by atoms with Gasteiger partial charge in [0, 0.05) is 17.1 Å². The van der Waals surface area contributed by atoms with Crippen LogP contribution in [-0.4, -0.2) is 30.3 Å². The first kappa shape index (κ1) is 12.4. The van der Waals surface area contributed by atoms with E-state index in [0.717, 1.165) is 19.4 Å². The van der Waals surface area contributed by atoms with Crippen LogP contribution in [0, 0.1) is 0 Å². The Morgan fingerprint density at radius 1 is 1.53 bits per heavy atom. The number of benzene rings is 1. The van der Waals surface area contributed by atoms with Gasteiger partial charge < -0.3 is 15.2 Å². The summed E-state index contributed by atoms with van der Waals surface area (Å²) in [4.78, 5) is 11.2. The minimum atomic E-state index is -0.934. The molecule has 1 aliphatic rings. The largest absolute Gasteiger partial charge is 0.478 e. The first-order chi connectivity index (χ1) is 8.18. The number of ether oxygens (including phenoxy) is 1. The second-order valence-electron chi connectivity index (χ2n) is 4.03. The molecular weight excluding hydrogens is 286 g/mol.